The third-order valence-corrected chi connectivity index (χ3v) is 2.42. The predicted octanol–water partition coefficient (Wildman–Crippen LogP) is 2.08. The molecule has 0 aliphatic carbocycles. The number of hydrogen-bond donors (Lipinski definition) is 2. The summed E-state index contributed by atoms with van der Waals surface area (Å²) in [6, 6.07) is 9.45. The summed E-state index contributed by atoms with van der Waals surface area (Å²) < 4.78 is 0. The lowest BCUT2D eigenvalue weighted by molar-refractivity contribution is -0.138. The SMILES string of the molecule is CC(=Cc1ccccc1)C(C(=O)O)C(N)=S. The van der Waals surface area contributed by atoms with Gasteiger partial charge in [-0.3, -0.25) is 4.79 Å². The molecule has 0 fully saturated rings. The summed E-state index contributed by atoms with van der Waals surface area (Å²) in [7, 11) is 0. The molecular formula is C12H13NO2S. The number of hydrogen-bond acceptors (Lipinski definition) is 2. The number of thiocarbonyl (C=S) groups is 1. The number of aliphatic carboxylic acids is 1. The van der Waals surface area contributed by atoms with Crippen LogP contribution in [0.3, 0.4) is 0 Å². The van der Waals surface area contributed by atoms with Crippen LogP contribution in [0, 0.1) is 5.92 Å². The first-order valence-electron chi connectivity index (χ1n) is 4.77. The monoisotopic (exact) mass is 235 g/mol. The molecule has 0 saturated carbocycles. The topological polar surface area (TPSA) is 63.3 Å². The standard InChI is InChI=1S/C12H13NO2S/c1-8(10(11(13)16)12(14)15)7-9-5-3-2-4-6-9/h2-7,10H,1H3,(H2,13,16)(H,14,15). The van der Waals surface area contributed by atoms with Crippen molar-refractivity contribution < 1.29 is 9.90 Å². The van der Waals surface area contributed by atoms with Gasteiger partial charge in [-0.15, -0.1) is 0 Å². The summed E-state index contributed by atoms with van der Waals surface area (Å²) >= 11 is 4.74. The molecule has 1 unspecified atom stereocenters. The van der Waals surface area contributed by atoms with Crippen LogP contribution in [0.4, 0.5) is 0 Å². The molecule has 1 aromatic carbocycles. The second-order valence-electron chi connectivity index (χ2n) is 3.47. The quantitative estimate of drug-likeness (QED) is 0.784. The van der Waals surface area contributed by atoms with Crippen molar-refractivity contribution in [3.8, 4) is 0 Å². The minimum absolute atomic E-state index is 0.0165. The lowest BCUT2D eigenvalue weighted by Gasteiger charge is -2.11. The number of carbonyl (C=O) groups is 1. The van der Waals surface area contributed by atoms with Gasteiger partial charge in [-0.25, -0.2) is 0 Å². The number of benzene rings is 1. The highest BCUT2D eigenvalue weighted by molar-refractivity contribution is 7.80. The Kier molecular flexibility index (Phi) is 4.19. The van der Waals surface area contributed by atoms with Gasteiger partial charge in [-0.05, 0) is 12.5 Å². The molecule has 3 nitrogen and oxygen atoms in total. The largest absolute Gasteiger partial charge is 0.480 e. The molecule has 0 spiro atoms. The molecule has 0 aliphatic rings. The summed E-state index contributed by atoms with van der Waals surface area (Å²) in [5, 5.41) is 8.98. The minimum atomic E-state index is -1.02. The highest BCUT2D eigenvalue weighted by atomic mass is 32.1. The van der Waals surface area contributed by atoms with Gasteiger partial charge in [0.2, 0.25) is 0 Å². The van der Waals surface area contributed by atoms with Gasteiger partial charge in [-0.2, -0.15) is 0 Å². The van der Waals surface area contributed by atoms with Gasteiger partial charge in [0, 0.05) is 0 Å². The van der Waals surface area contributed by atoms with Crippen molar-refractivity contribution in [2.75, 3.05) is 0 Å². The lowest BCUT2D eigenvalue weighted by atomic mass is 9.98. The van der Waals surface area contributed by atoms with Crippen molar-refractivity contribution in [2.45, 2.75) is 6.92 Å². The summed E-state index contributed by atoms with van der Waals surface area (Å²) in [6.45, 7) is 1.71. The van der Waals surface area contributed by atoms with Crippen molar-refractivity contribution in [3.63, 3.8) is 0 Å². The Morgan fingerprint density at radius 3 is 2.44 bits per heavy atom. The molecule has 0 aliphatic heterocycles. The van der Waals surface area contributed by atoms with E-state index in [9.17, 15) is 4.79 Å². The maximum absolute atomic E-state index is 11.0. The molecule has 4 heteroatoms. The van der Waals surface area contributed by atoms with E-state index >= 15 is 0 Å². The van der Waals surface area contributed by atoms with Crippen LogP contribution in [0.25, 0.3) is 6.08 Å². The fourth-order valence-corrected chi connectivity index (χ4v) is 1.72. The van der Waals surface area contributed by atoms with E-state index in [0.29, 0.717) is 5.57 Å². The van der Waals surface area contributed by atoms with Gasteiger partial charge in [0.25, 0.3) is 0 Å². The zero-order valence-electron chi connectivity index (χ0n) is 8.88. The third-order valence-electron chi connectivity index (χ3n) is 2.18. The molecule has 1 aromatic rings. The van der Waals surface area contributed by atoms with Crippen molar-refractivity contribution >= 4 is 29.3 Å². The van der Waals surface area contributed by atoms with Gasteiger partial charge in [0.1, 0.15) is 5.92 Å². The van der Waals surface area contributed by atoms with E-state index in [1.807, 2.05) is 30.3 Å². The number of carboxylic acid groups (broad SMARTS) is 1. The van der Waals surface area contributed by atoms with Crippen molar-refractivity contribution in [3.05, 3.63) is 41.5 Å². The van der Waals surface area contributed by atoms with Gasteiger partial charge in [0.15, 0.2) is 0 Å². The Morgan fingerprint density at radius 2 is 2.00 bits per heavy atom. The summed E-state index contributed by atoms with van der Waals surface area (Å²) in [5.74, 6) is -1.91. The van der Waals surface area contributed by atoms with E-state index in [0.717, 1.165) is 5.56 Å². The van der Waals surface area contributed by atoms with E-state index in [2.05, 4.69) is 0 Å². The molecular weight excluding hydrogens is 222 g/mol. The maximum atomic E-state index is 11.0. The molecule has 0 aromatic heterocycles. The second-order valence-corrected chi connectivity index (χ2v) is 3.94. The fraction of sp³-hybridized carbons (Fsp3) is 0.167. The van der Waals surface area contributed by atoms with Crippen LogP contribution in [0.15, 0.2) is 35.9 Å². The molecule has 0 radical (unpaired) electrons. The van der Waals surface area contributed by atoms with Crippen molar-refractivity contribution in [2.24, 2.45) is 11.7 Å². The van der Waals surface area contributed by atoms with Gasteiger partial charge < -0.3 is 10.8 Å². The minimum Gasteiger partial charge on any atom is -0.480 e. The molecule has 16 heavy (non-hydrogen) atoms. The molecule has 0 heterocycles. The van der Waals surface area contributed by atoms with Crippen molar-refractivity contribution in [1.82, 2.24) is 0 Å². The Morgan fingerprint density at radius 1 is 1.44 bits per heavy atom. The first kappa shape index (κ1) is 12.4. The Balaban J connectivity index is 3.00. The van der Waals surface area contributed by atoms with Crippen LogP contribution >= 0.6 is 12.2 Å². The molecule has 1 rings (SSSR count). The van der Waals surface area contributed by atoms with E-state index < -0.39 is 11.9 Å². The Labute approximate surface area is 99.6 Å². The zero-order valence-corrected chi connectivity index (χ0v) is 9.70. The Hall–Kier alpha value is -1.68. The average Bonchev–Trinajstić information content (AvgIpc) is 2.17. The highest BCUT2D eigenvalue weighted by Gasteiger charge is 2.22. The maximum Gasteiger partial charge on any atom is 0.317 e. The third kappa shape index (κ3) is 3.17. The number of nitrogens with two attached hydrogens (primary N) is 1. The van der Waals surface area contributed by atoms with Crippen LogP contribution in [0.1, 0.15) is 12.5 Å². The molecule has 0 bridgehead atoms. The fourth-order valence-electron chi connectivity index (χ4n) is 1.44. The predicted molar refractivity (Wildman–Crippen MR) is 68.0 cm³/mol. The van der Waals surface area contributed by atoms with E-state index in [1.165, 1.54) is 0 Å². The van der Waals surface area contributed by atoms with E-state index in [4.69, 9.17) is 23.1 Å². The molecule has 84 valence electrons. The van der Waals surface area contributed by atoms with E-state index in [-0.39, 0.29) is 4.99 Å². The summed E-state index contributed by atoms with van der Waals surface area (Å²) in [6.07, 6.45) is 1.78. The smallest absolute Gasteiger partial charge is 0.317 e. The highest BCUT2D eigenvalue weighted by Crippen LogP contribution is 2.15. The average molecular weight is 235 g/mol. The summed E-state index contributed by atoms with van der Waals surface area (Å²) in [4.78, 5) is 10.9. The van der Waals surface area contributed by atoms with Crippen LogP contribution in [-0.2, 0) is 4.79 Å². The molecule has 3 N–H and O–H groups in total. The van der Waals surface area contributed by atoms with Gasteiger partial charge >= 0.3 is 5.97 Å². The zero-order chi connectivity index (χ0) is 12.1. The second kappa shape index (κ2) is 5.42. The Bertz CT molecular complexity index is 412. The first-order chi connectivity index (χ1) is 7.52. The normalized spacial score (nSPS) is 13.2. The number of carboxylic acids is 1. The van der Waals surface area contributed by atoms with Gasteiger partial charge in [-0.1, -0.05) is 54.2 Å². The molecule has 0 saturated heterocycles. The van der Waals surface area contributed by atoms with Crippen LogP contribution in [-0.4, -0.2) is 16.1 Å². The molecule has 1 atom stereocenters. The van der Waals surface area contributed by atoms with Crippen LogP contribution in [0.5, 0.6) is 0 Å². The first-order valence-corrected chi connectivity index (χ1v) is 5.18. The van der Waals surface area contributed by atoms with Gasteiger partial charge in [0.05, 0.1) is 4.99 Å². The lowest BCUT2D eigenvalue weighted by Crippen LogP contribution is -2.29. The van der Waals surface area contributed by atoms with E-state index in [1.54, 1.807) is 13.0 Å². The van der Waals surface area contributed by atoms with Crippen LogP contribution in [0.2, 0.25) is 0 Å². The number of rotatable bonds is 4. The molecule has 0 amide bonds. The van der Waals surface area contributed by atoms with Crippen molar-refractivity contribution in [1.29, 1.82) is 0 Å². The van der Waals surface area contributed by atoms with Crippen LogP contribution < -0.4 is 5.73 Å². The summed E-state index contributed by atoms with van der Waals surface area (Å²) in [5.41, 5.74) is 6.97.